The molecule has 1 saturated heterocycles. The van der Waals surface area contributed by atoms with Gasteiger partial charge in [0.25, 0.3) is 0 Å². The molecule has 2 atom stereocenters. The van der Waals surface area contributed by atoms with E-state index in [2.05, 4.69) is 12.2 Å². The second-order valence-electron chi connectivity index (χ2n) is 3.91. The molecule has 2 heterocycles. The van der Waals surface area contributed by atoms with Crippen molar-refractivity contribution in [3.63, 3.8) is 0 Å². The van der Waals surface area contributed by atoms with Crippen molar-refractivity contribution in [3.8, 4) is 0 Å². The highest BCUT2D eigenvalue weighted by Gasteiger charge is 2.36. The van der Waals surface area contributed by atoms with Gasteiger partial charge in [0.05, 0.1) is 12.6 Å². The van der Waals surface area contributed by atoms with E-state index in [1.54, 1.807) is 0 Å². The van der Waals surface area contributed by atoms with Crippen LogP contribution in [0.25, 0.3) is 0 Å². The maximum atomic E-state index is 11.7. The van der Waals surface area contributed by atoms with Crippen LogP contribution in [0.15, 0.2) is 12.2 Å². The summed E-state index contributed by atoms with van der Waals surface area (Å²) >= 11 is 0. The third kappa shape index (κ3) is 1.63. The normalized spacial score (nSPS) is 30.2. The molecule has 0 radical (unpaired) electrons. The van der Waals surface area contributed by atoms with Crippen molar-refractivity contribution >= 4 is 6.09 Å². The van der Waals surface area contributed by atoms with Crippen LogP contribution in [0.5, 0.6) is 0 Å². The molecule has 2 bridgehead atoms. The molecule has 0 aromatic heterocycles. The highest BCUT2D eigenvalue weighted by Crippen LogP contribution is 2.31. The predicted molar refractivity (Wildman–Crippen MR) is 54.0 cm³/mol. The van der Waals surface area contributed by atoms with Crippen LogP contribution in [0, 0.1) is 0 Å². The Hall–Kier alpha value is -0.990. The minimum atomic E-state index is -0.133. The summed E-state index contributed by atoms with van der Waals surface area (Å²) < 4.78 is 5.07. The average Bonchev–Trinajstić information content (AvgIpc) is 2.40. The van der Waals surface area contributed by atoms with Gasteiger partial charge in [0.15, 0.2) is 0 Å². The number of rotatable bonds is 1. The molecule has 2 unspecified atom stereocenters. The number of fused-ring (bicyclic) bond motifs is 2. The van der Waals surface area contributed by atoms with Crippen LogP contribution in [0.2, 0.25) is 0 Å². The Labute approximate surface area is 84.7 Å². The minimum absolute atomic E-state index is 0.133. The van der Waals surface area contributed by atoms with Gasteiger partial charge < -0.3 is 4.74 Å². The molecule has 3 heteroatoms. The van der Waals surface area contributed by atoms with Crippen LogP contribution >= 0.6 is 0 Å². The number of carbonyl (C=O) groups excluding carboxylic acids is 1. The van der Waals surface area contributed by atoms with Gasteiger partial charge in [-0.2, -0.15) is 0 Å². The van der Waals surface area contributed by atoms with Gasteiger partial charge in [-0.15, -0.1) is 0 Å². The van der Waals surface area contributed by atoms with Crippen molar-refractivity contribution < 1.29 is 9.53 Å². The van der Waals surface area contributed by atoms with Crippen LogP contribution in [0.4, 0.5) is 4.79 Å². The fourth-order valence-corrected chi connectivity index (χ4v) is 2.41. The first kappa shape index (κ1) is 9.56. The molecular weight excluding hydrogens is 178 g/mol. The molecule has 14 heavy (non-hydrogen) atoms. The maximum Gasteiger partial charge on any atom is 0.410 e. The van der Waals surface area contributed by atoms with Gasteiger partial charge in [-0.1, -0.05) is 12.2 Å². The standard InChI is InChI=1S/C11H17NO2/c1-2-14-11(13)12-9-5-3-4-6-10(12)8-7-9/h3,5,9-10H,2,4,6-8H2,1H3. The van der Waals surface area contributed by atoms with Gasteiger partial charge >= 0.3 is 6.09 Å². The molecule has 78 valence electrons. The van der Waals surface area contributed by atoms with Gasteiger partial charge in [-0.3, -0.25) is 4.90 Å². The summed E-state index contributed by atoms with van der Waals surface area (Å²) in [4.78, 5) is 13.6. The summed E-state index contributed by atoms with van der Waals surface area (Å²) in [5.41, 5.74) is 0. The van der Waals surface area contributed by atoms with Crippen LogP contribution in [0.3, 0.4) is 0 Å². The van der Waals surface area contributed by atoms with E-state index in [0.29, 0.717) is 18.7 Å². The Bertz CT molecular complexity index is 250. The SMILES string of the molecule is CCOC(=O)N1C2C=CCCC1CC2. The molecule has 1 amide bonds. The van der Waals surface area contributed by atoms with Gasteiger partial charge in [-0.05, 0) is 32.6 Å². The molecule has 0 spiro atoms. The predicted octanol–water partition coefficient (Wildman–Crippen LogP) is 2.33. The van der Waals surface area contributed by atoms with E-state index >= 15 is 0 Å². The lowest BCUT2D eigenvalue weighted by Gasteiger charge is -2.26. The van der Waals surface area contributed by atoms with E-state index in [1.165, 1.54) is 0 Å². The summed E-state index contributed by atoms with van der Waals surface area (Å²) in [6, 6.07) is 0.704. The largest absolute Gasteiger partial charge is 0.450 e. The molecular formula is C11H17NO2. The summed E-state index contributed by atoms with van der Waals surface area (Å²) in [7, 11) is 0. The highest BCUT2D eigenvalue weighted by atomic mass is 16.6. The Balaban J connectivity index is 2.10. The van der Waals surface area contributed by atoms with E-state index in [1.807, 2.05) is 11.8 Å². The van der Waals surface area contributed by atoms with E-state index in [0.717, 1.165) is 25.7 Å². The third-order valence-corrected chi connectivity index (χ3v) is 3.05. The summed E-state index contributed by atoms with van der Waals surface area (Å²) in [5.74, 6) is 0. The zero-order chi connectivity index (χ0) is 9.97. The average molecular weight is 195 g/mol. The fraction of sp³-hybridized carbons (Fsp3) is 0.727. The number of allylic oxidation sites excluding steroid dienone is 1. The number of carbonyl (C=O) groups is 1. The van der Waals surface area contributed by atoms with Gasteiger partial charge in [-0.25, -0.2) is 4.79 Å². The number of amides is 1. The van der Waals surface area contributed by atoms with Crippen molar-refractivity contribution in [1.82, 2.24) is 4.90 Å². The molecule has 0 aliphatic carbocycles. The quantitative estimate of drug-likeness (QED) is 0.601. The lowest BCUT2D eigenvalue weighted by molar-refractivity contribution is 0.0941. The fourth-order valence-electron chi connectivity index (χ4n) is 2.41. The second-order valence-corrected chi connectivity index (χ2v) is 3.91. The Morgan fingerprint density at radius 2 is 2.36 bits per heavy atom. The van der Waals surface area contributed by atoms with Gasteiger partial charge in [0, 0.05) is 6.04 Å². The smallest absolute Gasteiger partial charge is 0.410 e. The maximum absolute atomic E-state index is 11.7. The molecule has 2 aliphatic heterocycles. The van der Waals surface area contributed by atoms with Crippen molar-refractivity contribution in [2.75, 3.05) is 6.61 Å². The Morgan fingerprint density at radius 3 is 3.14 bits per heavy atom. The molecule has 0 saturated carbocycles. The number of ether oxygens (including phenoxy) is 1. The summed E-state index contributed by atoms with van der Waals surface area (Å²) in [6.45, 7) is 2.33. The zero-order valence-corrected chi connectivity index (χ0v) is 8.61. The number of hydrogen-bond donors (Lipinski definition) is 0. The van der Waals surface area contributed by atoms with E-state index < -0.39 is 0 Å². The number of nitrogens with zero attached hydrogens (tertiary/aromatic N) is 1. The van der Waals surface area contributed by atoms with Crippen molar-refractivity contribution in [2.45, 2.75) is 44.7 Å². The van der Waals surface area contributed by atoms with Crippen molar-refractivity contribution in [3.05, 3.63) is 12.2 Å². The van der Waals surface area contributed by atoms with Crippen LogP contribution < -0.4 is 0 Å². The van der Waals surface area contributed by atoms with E-state index in [-0.39, 0.29) is 6.09 Å². The van der Waals surface area contributed by atoms with Crippen LogP contribution in [0.1, 0.15) is 32.6 Å². The van der Waals surface area contributed by atoms with E-state index in [4.69, 9.17) is 4.74 Å². The number of hydrogen-bond acceptors (Lipinski definition) is 2. The molecule has 0 aromatic carbocycles. The molecule has 3 nitrogen and oxygen atoms in total. The monoisotopic (exact) mass is 195 g/mol. The van der Waals surface area contributed by atoms with Gasteiger partial charge in [0.2, 0.25) is 0 Å². The highest BCUT2D eigenvalue weighted by molar-refractivity contribution is 5.69. The lowest BCUT2D eigenvalue weighted by atomic mass is 10.1. The van der Waals surface area contributed by atoms with E-state index in [9.17, 15) is 4.79 Å². The second kappa shape index (κ2) is 4.03. The molecule has 0 N–H and O–H groups in total. The van der Waals surface area contributed by atoms with Crippen LogP contribution in [-0.4, -0.2) is 29.7 Å². The van der Waals surface area contributed by atoms with Gasteiger partial charge in [0.1, 0.15) is 0 Å². The Kier molecular flexibility index (Phi) is 2.75. The molecule has 2 rings (SSSR count). The third-order valence-electron chi connectivity index (χ3n) is 3.05. The van der Waals surface area contributed by atoms with Crippen LogP contribution in [-0.2, 0) is 4.74 Å². The molecule has 1 fully saturated rings. The lowest BCUT2D eigenvalue weighted by Crippen LogP contribution is -2.40. The topological polar surface area (TPSA) is 29.5 Å². The minimum Gasteiger partial charge on any atom is -0.450 e. The first-order chi connectivity index (χ1) is 6.83. The molecule has 2 aliphatic rings. The van der Waals surface area contributed by atoms with Crippen molar-refractivity contribution in [1.29, 1.82) is 0 Å². The summed E-state index contributed by atoms with van der Waals surface area (Å²) in [6.07, 6.45) is 8.63. The zero-order valence-electron chi connectivity index (χ0n) is 8.61. The first-order valence-electron chi connectivity index (χ1n) is 5.44. The Morgan fingerprint density at radius 1 is 1.50 bits per heavy atom. The molecule has 0 aromatic rings. The summed E-state index contributed by atoms with van der Waals surface area (Å²) in [5, 5.41) is 0. The first-order valence-corrected chi connectivity index (χ1v) is 5.44. The van der Waals surface area contributed by atoms with Crippen molar-refractivity contribution in [2.24, 2.45) is 0 Å².